The van der Waals surface area contributed by atoms with Crippen molar-refractivity contribution in [3.8, 4) is 6.07 Å². The zero-order valence-corrected chi connectivity index (χ0v) is 14.8. The maximum Gasteiger partial charge on any atom is 0.325 e. The molecule has 7 nitrogen and oxygen atoms in total. The number of nitrogens with one attached hydrogen (secondary N) is 2. The van der Waals surface area contributed by atoms with Crippen molar-refractivity contribution in [1.29, 1.82) is 5.26 Å². The minimum Gasteiger partial charge on any atom is -0.336 e. The SMILES string of the molecule is CC(C)CC[C@@]1(C)NC(=O)N(CC(=O)N[C@](C)(C#N)C2CC2)C1=O. The first-order chi connectivity index (χ1) is 11.1. The molecule has 0 unspecified atom stereocenters. The fraction of sp³-hybridized carbons (Fsp3) is 0.765. The van der Waals surface area contributed by atoms with E-state index >= 15 is 0 Å². The third-order valence-electron chi connectivity index (χ3n) is 4.89. The van der Waals surface area contributed by atoms with Crippen LogP contribution < -0.4 is 10.6 Å². The number of amides is 4. The second kappa shape index (κ2) is 6.42. The monoisotopic (exact) mass is 334 g/mol. The standard InChI is InChI=1S/C17H26N4O3/c1-11(2)7-8-16(3)14(23)21(15(24)20-16)9-13(22)19-17(4,10-18)12-5-6-12/h11-12H,5-9H2,1-4H3,(H,19,22)(H,20,24)/t16-,17-/m1/s1. The minimum atomic E-state index is -0.962. The van der Waals surface area contributed by atoms with Gasteiger partial charge in [0.1, 0.15) is 17.6 Å². The molecule has 1 saturated heterocycles. The van der Waals surface area contributed by atoms with Gasteiger partial charge >= 0.3 is 6.03 Å². The molecule has 1 aliphatic heterocycles. The van der Waals surface area contributed by atoms with E-state index in [1.165, 1.54) is 0 Å². The lowest BCUT2D eigenvalue weighted by Gasteiger charge is -2.25. The maximum absolute atomic E-state index is 12.6. The summed E-state index contributed by atoms with van der Waals surface area (Å²) in [5, 5.41) is 14.7. The first kappa shape index (κ1) is 18.2. The highest BCUT2D eigenvalue weighted by atomic mass is 16.2. The van der Waals surface area contributed by atoms with Crippen LogP contribution in [0.25, 0.3) is 0 Å². The molecule has 7 heteroatoms. The highest BCUT2D eigenvalue weighted by Crippen LogP contribution is 2.39. The highest BCUT2D eigenvalue weighted by molar-refractivity contribution is 6.08. The van der Waals surface area contributed by atoms with Gasteiger partial charge in [-0.3, -0.25) is 14.5 Å². The van der Waals surface area contributed by atoms with Crippen molar-refractivity contribution in [2.75, 3.05) is 6.54 Å². The van der Waals surface area contributed by atoms with Crippen molar-refractivity contribution < 1.29 is 14.4 Å². The summed E-state index contributed by atoms with van der Waals surface area (Å²) in [5.41, 5.74) is -1.89. The molecule has 0 spiro atoms. The van der Waals surface area contributed by atoms with E-state index in [0.717, 1.165) is 24.2 Å². The first-order valence-corrected chi connectivity index (χ1v) is 8.47. The van der Waals surface area contributed by atoms with Crippen molar-refractivity contribution >= 4 is 17.8 Å². The second-order valence-electron chi connectivity index (χ2n) is 7.72. The predicted molar refractivity (Wildman–Crippen MR) is 87.6 cm³/mol. The van der Waals surface area contributed by atoms with Crippen LogP contribution >= 0.6 is 0 Å². The number of nitriles is 1. The zero-order valence-electron chi connectivity index (χ0n) is 14.8. The molecule has 2 aliphatic rings. The Bertz CT molecular complexity index is 593. The number of nitrogens with zero attached hydrogens (tertiary/aromatic N) is 2. The molecule has 2 N–H and O–H groups in total. The maximum atomic E-state index is 12.6. The average Bonchev–Trinajstić information content (AvgIpc) is 3.32. The fourth-order valence-corrected chi connectivity index (χ4v) is 2.99. The summed E-state index contributed by atoms with van der Waals surface area (Å²) in [6.07, 6.45) is 3.14. The molecule has 132 valence electrons. The van der Waals surface area contributed by atoms with E-state index in [9.17, 15) is 19.6 Å². The average molecular weight is 334 g/mol. The van der Waals surface area contributed by atoms with Crippen LogP contribution in [0.15, 0.2) is 0 Å². The normalized spacial score (nSPS) is 26.1. The minimum absolute atomic E-state index is 0.144. The Morgan fingerprint density at radius 2 is 2.12 bits per heavy atom. The Balaban J connectivity index is 1.99. The molecule has 1 aliphatic carbocycles. The van der Waals surface area contributed by atoms with Gasteiger partial charge < -0.3 is 10.6 Å². The number of hydrogen-bond acceptors (Lipinski definition) is 4. The van der Waals surface area contributed by atoms with Gasteiger partial charge in [-0.05, 0) is 51.4 Å². The number of imide groups is 1. The Morgan fingerprint density at radius 3 is 2.62 bits per heavy atom. The van der Waals surface area contributed by atoms with E-state index in [-0.39, 0.29) is 18.4 Å². The fourth-order valence-electron chi connectivity index (χ4n) is 2.99. The molecule has 0 aromatic carbocycles. The van der Waals surface area contributed by atoms with E-state index in [0.29, 0.717) is 12.3 Å². The molecule has 0 bridgehead atoms. The van der Waals surface area contributed by atoms with E-state index < -0.39 is 23.0 Å². The molecular formula is C17H26N4O3. The highest BCUT2D eigenvalue weighted by Gasteiger charge is 2.49. The van der Waals surface area contributed by atoms with Gasteiger partial charge in [-0.25, -0.2) is 4.79 Å². The first-order valence-electron chi connectivity index (χ1n) is 8.47. The van der Waals surface area contributed by atoms with Crippen LogP contribution in [0.5, 0.6) is 0 Å². The van der Waals surface area contributed by atoms with Crippen LogP contribution in [0, 0.1) is 23.2 Å². The molecule has 2 fully saturated rings. The Kier molecular flexibility index (Phi) is 4.88. The molecule has 1 saturated carbocycles. The summed E-state index contributed by atoms with van der Waals surface area (Å²) in [5.74, 6) is -0.305. The summed E-state index contributed by atoms with van der Waals surface area (Å²) >= 11 is 0. The zero-order chi connectivity index (χ0) is 18.1. The van der Waals surface area contributed by atoms with Crippen molar-refractivity contribution in [2.24, 2.45) is 11.8 Å². The van der Waals surface area contributed by atoms with Gasteiger partial charge in [0.25, 0.3) is 5.91 Å². The predicted octanol–water partition coefficient (Wildman–Crippen LogP) is 1.54. The van der Waals surface area contributed by atoms with Gasteiger partial charge in [-0.15, -0.1) is 0 Å². The molecular weight excluding hydrogens is 308 g/mol. The molecule has 0 aromatic heterocycles. The lowest BCUT2D eigenvalue weighted by atomic mass is 9.92. The van der Waals surface area contributed by atoms with Gasteiger partial charge in [0.2, 0.25) is 5.91 Å². The molecule has 2 rings (SSSR count). The van der Waals surface area contributed by atoms with Gasteiger partial charge in [0.15, 0.2) is 0 Å². The van der Waals surface area contributed by atoms with E-state index in [4.69, 9.17) is 0 Å². The molecule has 1 heterocycles. The number of carbonyl (C=O) groups excluding carboxylic acids is 3. The van der Waals surface area contributed by atoms with E-state index in [2.05, 4.69) is 30.6 Å². The topological polar surface area (TPSA) is 102 Å². The van der Waals surface area contributed by atoms with Crippen molar-refractivity contribution in [2.45, 2.75) is 64.5 Å². The lowest BCUT2D eigenvalue weighted by molar-refractivity contribution is -0.135. The lowest BCUT2D eigenvalue weighted by Crippen LogP contribution is -2.51. The number of hydrogen-bond donors (Lipinski definition) is 2. The molecule has 0 aromatic rings. The summed E-state index contributed by atoms with van der Waals surface area (Å²) in [7, 11) is 0. The van der Waals surface area contributed by atoms with Crippen molar-refractivity contribution in [3.05, 3.63) is 0 Å². The van der Waals surface area contributed by atoms with Gasteiger partial charge in [-0.2, -0.15) is 5.26 Å². The second-order valence-corrected chi connectivity index (χ2v) is 7.72. The third-order valence-corrected chi connectivity index (χ3v) is 4.89. The largest absolute Gasteiger partial charge is 0.336 e. The van der Waals surface area contributed by atoms with Gasteiger partial charge in [-0.1, -0.05) is 13.8 Å². The van der Waals surface area contributed by atoms with Gasteiger partial charge in [0, 0.05) is 0 Å². The van der Waals surface area contributed by atoms with Crippen LogP contribution in [0.1, 0.15) is 53.4 Å². The summed E-state index contributed by atoms with van der Waals surface area (Å²) in [6, 6.07) is 1.58. The molecule has 0 radical (unpaired) electrons. The number of urea groups is 1. The quantitative estimate of drug-likeness (QED) is 0.689. The summed E-state index contributed by atoms with van der Waals surface area (Å²) in [6.45, 7) is 7.12. The van der Waals surface area contributed by atoms with Crippen molar-refractivity contribution in [3.63, 3.8) is 0 Å². The Morgan fingerprint density at radius 1 is 1.50 bits per heavy atom. The smallest absolute Gasteiger partial charge is 0.325 e. The van der Waals surface area contributed by atoms with Crippen LogP contribution in [0.3, 0.4) is 0 Å². The summed E-state index contributed by atoms with van der Waals surface area (Å²) in [4.78, 5) is 37.9. The van der Waals surface area contributed by atoms with Crippen LogP contribution in [0.2, 0.25) is 0 Å². The van der Waals surface area contributed by atoms with E-state index in [1.807, 2.05) is 0 Å². The van der Waals surface area contributed by atoms with Gasteiger partial charge in [0.05, 0.1) is 6.07 Å². The van der Waals surface area contributed by atoms with Crippen molar-refractivity contribution in [1.82, 2.24) is 15.5 Å². The Hall–Kier alpha value is -2.10. The van der Waals surface area contributed by atoms with E-state index in [1.54, 1.807) is 13.8 Å². The van der Waals surface area contributed by atoms with Crippen LogP contribution in [0.4, 0.5) is 4.79 Å². The molecule has 2 atom stereocenters. The molecule has 4 amide bonds. The van der Waals surface area contributed by atoms with Crippen LogP contribution in [-0.2, 0) is 9.59 Å². The number of rotatable bonds is 7. The summed E-state index contributed by atoms with van der Waals surface area (Å²) < 4.78 is 0. The Labute approximate surface area is 142 Å². The third kappa shape index (κ3) is 3.69. The number of carbonyl (C=O) groups is 3. The van der Waals surface area contributed by atoms with Crippen LogP contribution in [-0.4, -0.2) is 40.4 Å². The molecule has 24 heavy (non-hydrogen) atoms.